The van der Waals surface area contributed by atoms with Crippen molar-refractivity contribution in [3.63, 3.8) is 0 Å². The Labute approximate surface area is 143 Å². The van der Waals surface area contributed by atoms with Gasteiger partial charge in [-0.3, -0.25) is 0 Å². The summed E-state index contributed by atoms with van der Waals surface area (Å²) in [7, 11) is 0. The predicted molar refractivity (Wildman–Crippen MR) is 92.1 cm³/mol. The van der Waals surface area contributed by atoms with Gasteiger partial charge < -0.3 is 4.90 Å². The molecule has 122 valence electrons. The molecule has 0 aromatic carbocycles. The van der Waals surface area contributed by atoms with Crippen LogP contribution in [0.1, 0.15) is 43.7 Å². The van der Waals surface area contributed by atoms with Gasteiger partial charge in [0, 0.05) is 19.0 Å². The lowest BCUT2D eigenvalue weighted by molar-refractivity contribution is 0.572. The molecule has 1 saturated heterocycles. The van der Waals surface area contributed by atoms with Crippen LogP contribution >= 0.6 is 23.4 Å². The second-order valence-electron chi connectivity index (χ2n) is 6.18. The monoisotopic (exact) mass is 352 g/mol. The van der Waals surface area contributed by atoms with Crippen molar-refractivity contribution in [3.05, 3.63) is 16.7 Å². The second-order valence-corrected chi connectivity index (χ2v) is 7.31. The van der Waals surface area contributed by atoms with Gasteiger partial charge in [-0.1, -0.05) is 23.4 Å². The zero-order valence-electron chi connectivity index (χ0n) is 13.0. The summed E-state index contributed by atoms with van der Waals surface area (Å²) in [5.74, 6) is 0.675. The molecule has 2 aromatic rings. The Kier molecular flexibility index (Phi) is 4.05. The van der Waals surface area contributed by atoms with E-state index in [1.54, 1.807) is 0 Å². The van der Waals surface area contributed by atoms with Gasteiger partial charge in [-0.25, -0.2) is 19.3 Å². The molecule has 0 N–H and O–H groups in total. The third-order valence-corrected chi connectivity index (χ3v) is 5.33. The SMILES string of the molecule is CSc1nc(N2CCCCC2)c2c(C3CC3)nc(Cl)c(F)c2n1. The molecule has 1 aliphatic carbocycles. The van der Waals surface area contributed by atoms with Crippen LogP contribution < -0.4 is 4.90 Å². The molecule has 0 amide bonds. The fraction of sp³-hybridized carbons (Fsp3) is 0.562. The third-order valence-electron chi connectivity index (χ3n) is 4.54. The summed E-state index contributed by atoms with van der Waals surface area (Å²) in [6.45, 7) is 1.91. The number of hydrogen-bond donors (Lipinski definition) is 0. The molecule has 3 heterocycles. The Morgan fingerprint density at radius 3 is 2.52 bits per heavy atom. The minimum Gasteiger partial charge on any atom is -0.356 e. The number of fused-ring (bicyclic) bond motifs is 1. The van der Waals surface area contributed by atoms with Gasteiger partial charge in [-0.05, 0) is 38.4 Å². The average molecular weight is 353 g/mol. The molecule has 4 rings (SSSR count). The van der Waals surface area contributed by atoms with Crippen molar-refractivity contribution in [2.45, 2.75) is 43.2 Å². The van der Waals surface area contributed by atoms with E-state index < -0.39 is 5.82 Å². The minimum absolute atomic E-state index is 0.0743. The Morgan fingerprint density at radius 1 is 1.13 bits per heavy atom. The molecule has 23 heavy (non-hydrogen) atoms. The molecule has 1 aliphatic heterocycles. The van der Waals surface area contributed by atoms with E-state index in [9.17, 15) is 4.39 Å². The summed E-state index contributed by atoms with van der Waals surface area (Å²) in [4.78, 5) is 15.7. The van der Waals surface area contributed by atoms with Crippen LogP contribution in [-0.2, 0) is 0 Å². The number of hydrogen-bond acceptors (Lipinski definition) is 5. The first-order valence-corrected chi connectivity index (χ1v) is 9.65. The summed E-state index contributed by atoms with van der Waals surface area (Å²) < 4.78 is 14.6. The topological polar surface area (TPSA) is 41.9 Å². The molecule has 2 fully saturated rings. The Bertz CT molecular complexity index is 760. The van der Waals surface area contributed by atoms with Crippen LogP contribution in [0, 0.1) is 5.82 Å². The molecule has 4 nitrogen and oxygen atoms in total. The van der Waals surface area contributed by atoms with Gasteiger partial charge in [0.05, 0.1) is 11.1 Å². The highest BCUT2D eigenvalue weighted by Crippen LogP contribution is 2.45. The predicted octanol–water partition coefficient (Wildman–Crippen LogP) is 4.41. The molecule has 0 radical (unpaired) electrons. The summed E-state index contributed by atoms with van der Waals surface area (Å²) >= 11 is 7.46. The maximum atomic E-state index is 14.6. The van der Waals surface area contributed by atoms with Gasteiger partial charge in [0.25, 0.3) is 0 Å². The van der Waals surface area contributed by atoms with Gasteiger partial charge in [0.2, 0.25) is 0 Å². The molecular weight excluding hydrogens is 335 g/mol. The first kappa shape index (κ1) is 15.4. The molecule has 0 atom stereocenters. The Morgan fingerprint density at radius 2 is 1.87 bits per heavy atom. The first-order chi connectivity index (χ1) is 11.2. The second kappa shape index (κ2) is 6.06. The number of piperidine rings is 1. The lowest BCUT2D eigenvalue weighted by atomic mass is 10.1. The summed E-state index contributed by atoms with van der Waals surface area (Å²) in [5.41, 5.74) is 1.20. The smallest absolute Gasteiger partial charge is 0.189 e. The standard InChI is InChI=1S/C16H18ClFN4S/c1-23-16-20-13-10(15(21-16)22-7-3-2-4-8-22)12(9-5-6-9)19-14(17)11(13)18/h9H,2-8H2,1H3. The van der Waals surface area contributed by atoms with Crippen molar-refractivity contribution < 1.29 is 4.39 Å². The highest BCUT2D eigenvalue weighted by molar-refractivity contribution is 7.98. The number of rotatable bonds is 3. The average Bonchev–Trinajstić information content (AvgIpc) is 3.43. The van der Waals surface area contributed by atoms with Crippen molar-refractivity contribution in [1.82, 2.24) is 15.0 Å². The maximum Gasteiger partial charge on any atom is 0.189 e. The van der Waals surface area contributed by atoms with E-state index in [-0.39, 0.29) is 5.15 Å². The molecule has 0 unspecified atom stereocenters. The van der Waals surface area contributed by atoms with Gasteiger partial charge in [0.15, 0.2) is 16.1 Å². The summed E-state index contributed by atoms with van der Waals surface area (Å²) in [6, 6.07) is 0. The van der Waals surface area contributed by atoms with Crippen LogP contribution in [0.15, 0.2) is 5.16 Å². The molecular formula is C16H18ClFN4S. The van der Waals surface area contributed by atoms with E-state index in [2.05, 4.69) is 14.9 Å². The molecule has 2 aliphatic rings. The van der Waals surface area contributed by atoms with Crippen LogP contribution in [0.5, 0.6) is 0 Å². The Balaban J connectivity index is 2.00. The van der Waals surface area contributed by atoms with E-state index in [0.717, 1.165) is 55.7 Å². The van der Waals surface area contributed by atoms with E-state index in [0.29, 0.717) is 16.6 Å². The number of aromatic nitrogens is 3. The van der Waals surface area contributed by atoms with E-state index in [4.69, 9.17) is 16.6 Å². The highest BCUT2D eigenvalue weighted by atomic mass is 35.5. The molecule has 1 saturated carbocycles. The fourth-order valence-electron chi connectivity index (χ4n) is 3.21. The van der Waals surface area contributed by atoms with Crippen LogP contribution in [-0.4, -0.2) is 34.3 Å². The normalized spacial score (nSPS) is 18.7. The molecule has 0 bridgehead atoms. The highest BCUT2D eigenvalue weighted by Gasteiger charge is 2.32. The fourth-order valence-corrected chi connectivity index (χ4v) is 3.75. The van der Waals surface area contributed by atoms with E-state index >= 15 is 0 Å². The molecule has 0 spiro atoms. The van der Waals surface area contributed by atoms with Gasteiger partial charge in [-0.15, -0.1) is 0 Å². The number of halogens is 2. The van der Waals surface area contributed by atoms with Crippen LogP contribution in [0.3, 0.4) is 0 Å². The van der Waals surface area contributed by atoms with Crippen LogP contribution in [0.2, 0.25) is 5.15 Å². The van der Waals surface area contributed by atoms with Crippen molar-refractivity contribution in [3.8, 4) is 0 Å². The van der Waals surface area contributed by atoms with Crippen molar-refractivity contribution in [2.75, 3.05) is 24.2 Å². The van der Waals surface area contributed by atoms with Crippen LogP contribution in [0.4, 0.5) is 10.2 Å². The zero-order valence-corrected chi connectivity index (χ0v) is 14.6. The van der Waals surface area contributed by atoms with Gasteiger partial charge in [-0.2, -0.15) is 0 Å². The summed E-state index contributed by atoms with van der Waals surface area (Å²) in [6.07, 6.45) is 7.58. The summed E-state index contributed by atoms with van der Waals surface area (Å²) in [5, 5.41) is 1.28. The van der Waals surface area contributed by atoms with E-state index in [1.807, 2.05) is 6.26 Å². The van der Waals surface area contributed by atoms with E-state index in [1.165, 1.54) is 18.2 Å². The minimum atomic E-state index is -0.526. The Hall–Kier alpha value is -1.14. The van der Waals surface area contributed by atoms with Gasteiger partial charge >= 0.3 is 0 Å². The molecule has 2 aromatic heterocycles. The number of anilines is 1. The van der Waals surface area contributed by atoms with Crippen molar-refractivity contribution in [2.24, 2.45) is 0 Å². The quantitative estimate of drug-likeness (QED) is 0.465. The lowest BCUT2D eigenvalue weighted by Gasteiger charge is -2.29. The first-order valence-electron chi connectivity index (χ1n) is 8.04. The lowest BCUT2D eigenvalue weighted by Crippen LogP contribution is -2.31. The van der Waals surface area contributed by atoms with Crippen molar-refractivity contribution in [1.29, 1.82) is 0 Å². The largest absolute Gasteiger partial charge is 0.356 e. The zero-order chi connectivity index (χ0) is 16.0. The van der Waals surface area contributed by atoms with Crippen molar-refractivity contribution >= 4 is 40.1 Å². The van der Waals surface area contributed by atoms with Gasteiger partial charge in [0.1, 0.15) is 11.3 Å². The number of pyridine rings is 1. The number of nitrogens with zero attached hydrogens (tertiary/aromatic N) is 4. The maximum absolute atomic E-state index is 14.6. The number of thioether (sulfide) groups is 1. The van der Waals surface area contributed by atoms with Crippen LogP contribution in [0.25, 0.3) is 10.9 Å². The molecule has 7 heteroatoms. The third kappa shape index (κ3) is 2.76.